The first-order valence-electron chi connectivity index (χ1n) is 9.00. The van der Waals surface area contributed by atoms with Gasteiger partial charge in [0.05, 0.1) is 33.4 Å². The third-order valence-corrected chi connectivity index (χ3v) is 4.22. The van der Waals surface area contributed by atoms with Crippen molar-refractivity contribution in [3.05, 3.63) is 59.7 Å². The van der Waals surface area contributed by atoms with E-state index in [0.29, 0.717) is 36.3 Å². The van der Waals surface area contributed by atoms with Gasteiger partial charge in [-0.05, 0) is 48.9 Å². The molecular weight excluding hydrogens is 358 g/mol. The molecule has 0 aliphatic heterocycles. The van der Waals surface area contributed by atoms with Crippen molar-refractivity contribution in [3.63, 3.8) is 0 Å². The fourth-order valence-corrected chi connectivity index (χ4v) is 2.73. The number of hydrogen-bond donors (Lipinski definition) is 3. The molecule has 1 atom stereocenters. The fourth-order valence-electron chi connectivity index (χ4n) is 2.73. The van der Waals surface area contributed by atoms with E-state index in [2.05, 4.69) is 20.5 Å². The van der Waals surface area contributed by atoms with E-state index < -0.39 is 6.04 Å². The van der Waals surface area contributed by atoms with Crippen molar-refractivity contribution in [1.29, 1.82) is 0 Å². The zero-order chi connectivity index (χ0) is 19.9. The molecule has 0 amide bonds. The van der Waals surface area contributed by atoms with Gasteiger partial charge in [0, 0.05) is 5.69 Å². The molecule has 0 fully saturated rings. The summed E-state index contributed by atoms with van der Waals surface area (Å²) in [7, 11) is 3.25. The predicted molar refractivity (Wildman–Crippen MR) is 107 cm³/mol. The van der Waals surface area contributed by atoms with E-state index in [1.54, 1.807) is 14.2 Å². The Balaban J connectivity index is 1.67. The van der Waals surface area contributed by atoms with Gasteiger partial charge in [-0.1, -0.05) is 6.07 Å². The van der Waals surface area contributed by atoms with Gasteiger partial charge in [0.2, 0.25) is 0 Å². The summed E-state index contributed by atoms with van der Waals surface area (Å²) in [5.74, 6) is 3.33. The van der Waals surface area contributed by atoms with E-state index in [-0.39, 0.29) is 0 Å². The predicted octanol–water partition coefficient (Wildman–Crippen LogP) is 2.88. The van der Waals surface area contributed by atoms with Crippen molar-refractivity contribution < 1.29 is 14.2 Å². The van der Waals surface area contributed by atoms with Crippen molar-refractivity contribution in [2.45, 2.75) is 19.5 Å². The average Bonchev–Trinajstić information content (AvgIpc) is 3.21. The number of ether oxygens (including phenoxy) is 3. The zero-order valence-corrected chi connectivity index (χ0v) is 16.2. The lowest BCUT2D eigenvalue weighted by Crippen LogP contribution is -2.14. The van der Waals surface area contributed by atoms with Crippen molar-refractivity contribution in [1.82, 2.24) is 15.2 Å². The Hall–Kier alpha value is -3.26. The van der Waals surface area contributed by atoms with Crippen molar-refractivity contribution >= 4 is 5.69 Å². The van der Waals surface area contributed by atoms with Gasteiger partial charge in [-0.2, -0.15) is 5.10 Å². The minimum Gasteiger partial charge on any atom is -0.497 e. The van der Waals surface area contributed by atoms with Gasteiger partial charge in [0.1, 0.15) is 11.6 Å². The van der Waals surface area contributed by atoms with E-state index in [1.807, 2.05) is 49.4 Å². The van der Waals surface area contributed by atoms with Crippen LogP contribution in [0.5, 0.6) is 17.2 Å². The van der Waals surface area contributed by atoms with Crippen LogP contribution in [-0.4, -0.2) is 36.0 Å². The molecule has 1 heterocycles. The average molecular weight is 383 g/mol. The number of benzene rings is 2. The highest BCUT2D eigenvalue weighted by Crippen LogP contribution is 2.31. The van der Waals surface area contributed by atoms with Gasteiger partial charge >= 0.3 is 0 Å². The van der Waals surface area contributed by atoms with Gasteiger partial charge in [-0.25, -0.2) is 4.98 Å². The van der Waals surface area contributed by atoms with E-state index >= 15 is 0 Å². The molecule has 3 rings (SSSR count). The summed E-state index contributed by atoms with van der Waals surface area (Å²) >= 11 is 0. The Kier molecular flexibility index (Phi) is 6.33. The molecule has 2 aromatic carbocycles. The standard InChI is InChI=1S/C20H25N5O3/c1-4-28-17-11-13(5-10-16(17)27-3)19(21)20-23-18(24-25-20)12-22-14-6-8-15(26-2)9-7-14/h5-11,19,22H,4,12,21H2,1-3H3,(H,23,24,25)/t19-/m0/s1. The molecule has 0 saturated carbocycles. The normalized spacial score (nSPS) is 11.7. The van der Waals surface area contributed by atoms with E-state index in [4.69, 9.17) is 19.9 Å². The summed E-state index contributed by atoms with van der Waals surface area (Å²) in [5, 5.41) is 10.5. The first-order valence-corrected chi connectivity index (χ1v) is 9.00. The van der Waals surface area contributed by atoms with Gasteiger partial charge in [0.25, 0.3) is 0 Å². The van der Waals surface area contributed by atoms with Crippen molar-refractivity contribution in [2.24, 2.45) is 5.73 Å². The number of nitrogens with one attached hydrogen (secondary N) is 2. The molecule has 0 aliphatic carbocycles. The van der Waals surface area contributed by atoms with Crippen LogP contribution in [0.1, 0.15) is 30.2 Å². The third kappa shape index (κ3) is 4.52. The smallest absolute Gasteiger partial charge is 0.171 e. The quantitative estimate of drug-likeness (QED) is 0.521. The Bertz CT molecular complexity index is 895. The summed E-state index contributed by atoms with van der Waals surface area (Å²) in [5.41, 5.74) is 8.15. The number of hydrogen-bond acceptors (Lipinski definition) is 7. The largest absolute Gasteiger partial charge is 0.497 e. The number of aromatic nitrogens is 3. The number of methoxy groups -OCH3 is 2. The maximum Gasteiger partial charge on any atom is 0.171 e. The second kappa shape index (κ2) is 9.09. The summed E-state index contributed by atoms with van der Waals surface area (Å²) in [4.78, 5) is 4.50. The van der Waals surface area contributed by atoms with Crippen LogP contribution in [0, 0.1) is 0 Å². The molecule has 28 heavy (non-hydrogen) atoms. The molecule has 8 heteroatoms. The van der Waals surface area contributed by atoms with Gasteiger partial charge < -0.3 is 25.3 Å². The van der Waals surface area contributed by atoms with Crippen LogP contribution in [0.25, 0.3) is 0 Å². The minimum absolute atomic E-state index is 0.476. The molecule has 148 valence electrons. The lowest BCUT2D eigenvalue weighted by Gasteiger charge is -2.13. The molecule has 1 aromatic heterocycles. The SMILES string of the molecule is CCOc1cc([C@H](N)c2n[nH]c(CNc3ccc(OC)cc3)n2)ccc1OC. The van der Waals surface area contributed by atoms with E-state index in [9.17, 15) is 0 Å². The molecule has 4 N–H and O–H groups in total. The first-order chi connectivity index (χ1) is 13.6. The van der Waals surface area contributed by atoms with Gasteiger partial charge in [0.15, 0.2) is 17.3 Å². The highest BCUT2D eigenvalue weighted by Gasteiger charge is 2.17. The highest BCUT2D eigenvalue weighted by atomic mass is 16.5. The highest BCUT2D eigenvalue weighted by molar-refractivity contribution is 5.46. The van der Waals surface area contributed by atoms with Crippen LogP contribution in [-0.2, 0) is 6.54 Å². The molecule has 0 bridgehead atoms. The summed E-state index contributed by atoms with van der Waals surface area (Å²) in [6, 6.07) is 12.8. The van der Waals surface area contributed by atoms with Crippen molar-refractivity contribution in [3.8, 4) is 17.2 Å². The number of aromatic amines is 1. The Morgan fingerprint density at radius 1 is 1.07 bits per heavy atom. The Morgan fingerprint density at radius 2 is 1.86 bits per heavy atom. The number of rotatable bonds is 9. The molecule has 0 saturated heterocycles. The molecule has 8 nitrogen and oxygen atoms in total. The van der Waals surface area contributed by atoms with Gasteiger partial charge in [-0.15, -0.1) is 0 Å². The van der Waals surface area contributed by atoms with E-state index in [0.717, 1.165) is 17.0 Å². The maximum atomic E-state index is 6.35. The van der Waals surface area contributed by atoms with E-state index in [1.165, 1.54) is 0 Å². The van der Waals surface area contributed by atoms with Crippen LogP contribution in [0.4, 0.5) is 5.69 Å². The van der Waals surface area contributed by atoms with Crippen LogP contribution < -0.4 is 25.3 Å². The summed E-state index contributed by atoms with van der Waals surface area (Å²) in [6.45, 7) is 2.96. The van der Waals surface area contributed by atoms with Crippen molar-refractivity contribution in [2.75, 3.05) is 26.1 Å². The molecule has 0 radical (unpaired) electrons. The lowest BCUT2D eigenvalue weighted by atomic mass is 10.1. The molecule has 0 unspecified atom stereocenters. The second-order valence-corrected chi connectivity index (χ2v) is 6.04. The van der Waals surface area contributed by atoms with Crippen LogP contribution in [0.2, 0.25) is 0 Å². The minimum atomic E-state index is -0.476. The number of nitrogens with zero attached hydrogens (tertiary/aromatic N) is 2. The van der Waals surface area contributed by atoms with Crippen LogP contribution >= 0.6 is 0 Å². The summed E-state index contributed by atoms with van der Waals surface area (Å²) < 4.78 is 16.1. The number of H-pyrrole nitrogens is 1. The number of anilines is 1. The first kappa shape index (κ1) is 19.5. The maximum absolute atomic E-state index is 6.35. The molecule has 0 aliphatic rings. The third-order valence-electron chi connectivity index (χ3n) is 4.22. The van der Waals surface area contributed by atoms with Gasteiger partial charge in [-0.3, -0.25) is 5.10 Å². The topological polar surface area (TPSA) is 107 Å². The van der Waals surface area contributed by atoms with Crippen LogP contribution in [0.3, 0.4) is 0 Å². The fraction of sp³-hybridized carbons (Fsp3) is 0.300. The van der Waals surface area contributed by atoms with Crippen LogP contribution in [0.15, 0.2) is 42.5 Å². The number of nitrogens with two attached hydrogens (primary N) is 1. The second-order valence-electron chi connectivity index (χ2n) is 6.04. The molecule has 0 spiro atoms. The Labute approximate surface area is 164 Å². The lowest BCUT2D eigenvalue weighted by molar-refractivity contribution is 0.310. The zero-order valence-electron chi connectivity index (χ0n) is 16.2. The molecule has 3 aromatic rings. The monoisotopic (exact) mass is 383 g/mol. The molecular formula is C20H25N5O3. The summed E-state index contributed by atoms with van der Waals surface area (Å²) in [6.07, 6.45) is 0. The Morgan fingerprint density at radius 3 is 2.54 bits per heavy atom.